The van der Waals surface area contributed by atoms with Gasteiger partial charge in [0.2, 0.25) is 5.43 Å². The third-order valence-corrected chi connectivity index (χ3v) is 2.75. The molecule has 0 saturated heterocycles. The lowest BCUT2D eigenvalue weighted by Crippen LogP contribution is -2.14. The molecule has 18 heavy (non-hydrogen) atoms. The molecule has 1 aromatic carbocycles. The first-order valence-corrected chi connectivity index (χ1v) is 5.32. The normalized spacial score (nSPS) is 12.4. The number of benzene rings is 1. The van der Waals surface area contributed by atoms with Crippen LogP contribution in [0.5, 0.6) is 5.75 Å². The van der Waals surface area contributed by atoms with E-state index in [0.717, 1.165) is 0 Å². The highest BCUT2D eigenvalue weighted by Gasteiger charge is 2.19. The van der Waals surface area contributed by atoms with Gasteiger partial charge >= 0.3 is 0 Å². The molecule has 2 aromatic rings. The summed E-state index contributed by atoms with van der Waals surface area (Å²) in [7, 11) is 1.60. The predicted molar refractivity (Wildman–Crippen MR) is 63.8 cm³/mol. The van der Waals surface area contributed by atoms with Crippen molar-refractivity contribution in [3.05, 3.63) is 63.8 Å². The fourth-order valence-corrected chi connectivity index (χ4v) is 1.76. The second-order valence-corrected chi connectivity index (χ2v) is 3.98. The monoisotopic (exact) mass is 249 g/mol. The second kappa shape index (κ2) is 4.62. The first-order chi connectivity index (χ1) is 8.50. The summed E-state index contributed by atoms with van der Waals surface area (Å²) in [5, 5.41) is 19.8. The standard InChI is InChI=1S/C13H12FNO3/c1-15-7-6-10(16)13(18)11(15)12(17)8-2-4-9(14)5-3-8/h2-7,12,17-18H,1H3. The summed E-state index contributed by atoms with van der Waals surface area (Å²) in [5.41, 5.74) is -0.0914. The average molecular weight is 249 g/mol. The molecule has 0 fully saturated rings. The molecule has 94 valence electrons. The van der Waals surface area contributed by atoms with Crippen LogP contribution >= 0.6 is 0 Å². The molecule has 0 aliphatic heterocycles. The number of hydrogen-bond donors (Lipinski definition) is 2. The molecule has 0 aliphatic rings. The fraction of sp³-hybridized carbons (Fsp3) is 0.154. The Hall–Kier alpha value is -2.14. The van der Waals surface area contributed by atoms with Gasteiger partial charge in [0, 0.05) is 19.3 Å². The van der Waals surface area contributed by atoms with Crippen LogP contribution in [-0.2, 0) is 7.05 Å². The maximum absolute atomic E-state index is 12.8. The van der Waals surface area contributed by atoms with Crippen molar-refractivity contribution in [3.8, 4) is 5.75 Å². The number of rotatable bonds is 2. The van der Waals surface area contributed by atoms with Crippen LogP contribution in [0.25, 0.3) is 0 Å². The van der Waals surface area contributed by atoms with E-state index in [4.69, 9.17) is 0 Å². The first-order valence-electron chi connectivity index (χ1n) is 5.32. The minimum atomic E-state index is -1.19. The summed E-state index contributed by atoms with van der Waals surface area (Å²) in [6.45, 7) is 0. The third kappa shape index (κ3) is 2.12. The summed E-state index contributed by atoms with van der Waals surface area (Å²) in [4.78, 5) is 11.3. The molecule has 0 spiro atoms. The number of nitrogens with zero attached hydrogens (tertiary/aromatic N) is 1. The Morgan fingerprint density at radius 2 is 1.83 bits per heavy atom. The Bertz CT molecular complexity index is 619. The summed E-state index contributed by atoms with van der Waals surface area (Å²) in [6.07, 6.45) is 0.258. The largest absolute Gasteiger partial charge is 0.503 e. The topological polar surface area (TPSA) is 62.5 Å². The quantitative estimate of drug-likeness (QED) is 0.843. The zero-order valence-electron chi connectivity index (χ0n) is 9.67. The van der Waals surface area contributed by atoms with Crippen LogP contribution in [0.2, 0.25) is 0 Å². The number of aliphatic hydroxyl groups excluding tert-OH is 1. The molecule has 0 bridgehead atoms. The van der Waals surface area contributed by atoms with Crippen LogP contribution in [0, 0.1) is 5.82 Å². The van der Waals surface area contributed by atoms with Crippen molar-refractivity contribution >= 4 is 0 Å². The minimum absolute atomic E-state index is 0.0779. The Labute approximate surface area is 103 Å². The molecule has 0 aliphatic carbocycles. The van der Waals surface area contributed by atoms with Crippen molar-refractivity contribution in [2.45, 2.75) is 6.10 Å². The minimum Gasteiger partial charge on any atom is -0.503 e. The molecular formula is C13H12FNO3. The highest BCUT2D eigenvalue weighted by atomic mass is 19.1. The van der Waals surface area contributed by atoms with Crippen LogP contribution in [0.3, 0.4) is 0 Å². The Balaban J connectivity index is 2.52. The van der Waals surface area contributed by atoms with Crippen LogP contribution < -0.4 is 5.43 Å². The molecule has 5 heteroatoms. The van der Waals surface area contributed by atoms with Crippen molar-refractivity contribution in [1.82, 2.24) is 4.57 Å². The van der Waals surface area contributed by atoms with Gasteiger partial charge < -0.3 is 14.8 Å². The molecule has 0 amide bonds. The van der Waals surface area contributed by atoms with Gasteiger partial charge in [0.15, 0.2) is 5.75 Å². The SMILES string of the molecule is Cn1ccc(=O)c(O)c1C(O)c1ccc(F)cc1. The van der Waals surface area contributed by atoms with E-state index in [1.807, 2.05) is 0 Å². The van der Waals surface area contributed by atoms with E-state index in [2.05, 4.69) is 0 Å². The lowest BCUT2D eigenvalue weighted by atomic mass is 10.0. The van der Waals surface area contributed by atoms with Gasteiger partial charge in [0.1, 0.15) is 11.9 Å². The highest BCUT2D eigenvalue weighted by Crippen LogP contribution is 2.26. The van der Waals surface area contributed by atoms with Gasteiger partial charge in [-0.3, -0.25) is 4.79 Å². The van der Waals surface area contributed by atoms with Crippen molar-refractivity contribution in [3.63, 3.8) is 0 Å². The molecule has 0 saturated carbocycles. The van der Waals surface area contributed by atoms with Gasteiger partial charge in [-0.15, -0.1) is 0 Å². The molecule has 1 atom stereocenters. The van der Waals surface area contributed by atoms with Crippen LogP contribution in [0.15, 0.2) is 41.3 Å². The van der Waals surface area contributed by atoms with Gasteiger partial charge in [0.25, 0.3) is 0 Å². The van der Waals surface area contributed by atoms with Gasteiger partial charge in [-0.25, -0.2) is 4.39 Å². The van der Waals surface area contributed by atoms with E-state index in [-0.39, 0.29) is 5.69 Å². The molecule has 1 unspecified atom stereocenters. The Kier molecular flexibility index (Phi) is 3.16. The molecule has 4 nitrogen and oxygen atoms in total. The third-order valence-electron chi connectivity index (χ3n) is 2.75. The zero-order chi connectivity index (χ0) is 13.3. The van der Waals surface area contributed by atoms with Crippen molar-refractivity contribution in [1.29, 1.82) is 0 Å². The summed E-state index contributed by atoms with van der Waals surface area (Å²) in [5.74, 6) is -0.922. The van der Waals surface area contributed by atoms with Crippen molar-refractivity contribution in [2.24, 2.45) is 7.05 Å². The molecular weight excluding hydrogens is 237 g/mol. The van der Waals surface area contributed by atoms with Crippen LogP contribution in [0.1, 0.15) is 17.4 Å². The van der Waals surface area contributed by atoms with E-state index >= 15 is 0 Å². The maximum atomic E-state index is 12.8. The maximum Gasteiger partial charge on any atom is 0.223 e. The molecule has 1 heterocycles. The molecule has 0 radical (unpaired) electrons. The van der Waals surface area contributed by atoms with E-state index in [0.29, 0.717) is 5.56 Å². The zero-order valence-corrected chi connectivity index (χ0v) is 9.67. The Morgan fingerprint density at radius 3 is 2.44 bits per heavy atom. The summed E-state index contributed by atoms with van der Waals surface area (Å²) < 4.78 is 14.2. The van der Waals surface area contributed by atoms with E-state index < -0.39 is 23.1 Å². The van der Waals surface area contributed by atoms with Crippen molar-refractivity contribution in [2.75, 3.05) is 0 Å². The Morgan fingerprint density at radius 1 is 1.22 bits per heavy atom. The van der Waals surface area contributed by atoms with Gasteiger partial charge in [-0.1, -0.05) is 12.1 Å². The number of hydrogen-bond acceptors (Lipinski definition) is 3. The smallest absolute Gasteiger partial charge is 0.223 e. The number of aliphatic hydroxyl groups is 1. The molecule has 1 aromatic heterocycles. The lowest BCUT2D eigenvalue weighted by Gasteiger charge is -2.16. The molecule has 2 rings (SSSR count). The number of aryl methyl sites for hydroxylation is 1. The van der Waals surface area contributed by atoms with Crippen molar-refractivity contribution < 1.29 is 14.6 Å². The average Bonchev–Trinajstić information content (AvgIpc) is 2.35. The van der Waals surface area contributed by atoms with E-state index in [1.165, 1.54) is 41.1 Å². The first kappa shape index (κ1) is 12.3. The van der Waals surface area contributed by atoms with Gasteiger partial charge in [-0.05, 0) is 17.7 Å². The fourth-order valence-electron chi connectivity index (χ4n) is 1.76. The van der Waals surface area contributed by atoms with Crippen LogP contribution in [0.4, 0.5) is 4.39 Å². The number of aromatic hydroxyl groups is 1. The van der Waals surface area contributed by atoms with Gasteiger partial charge in [-0.2, -0.15) is 0 Å². The number of pyridine rings is 1. The summed E-state index contributed by atoms with van der Waals surface area (Å²) in [6, 6.07) is 6.41. The lowest BCUT2D eigenvalue weighted by molar-refractivity contribution is 0.204. The predicted octanol–water partition coefficient (Wildman–Crippen LogP) is 1.31. The van der Waals surface area contributed by atoms with Gasteiger partial charge in [0.05, 0.1) is 5.69 Å². The number of halogens is 1. The number of aromatic nitrogens is 1. The van der Waals surface area contributed by atoms with E-state index in [1.54, 1.807) is 7.05 Å². The summed E-state index contributed by atoms with van der Waals surface area (Å²) >= 11 is 0. The van der Waals surface area contributed by atoms with E-state index in [9.17, 15) is 19.4 Å². The highest BCUT2D eigenvalue weighted by molar-refractivity contribution is 5.35. The molecule has 2 N–H and O–H groups in total. The second-order valence-electron chi connectivity index (χ2n) is 3.98. The van der Waals surface area contributed by atoms with Crippen LogP contribution in [-0.4, -0.2) is 14.8 Å².